The molecule has 0 radical (unpaired) electrons. The van der Waals surface area contributed by atoms with Gasteiger partial charge in [0.15, 0.2) is 0 Å². The molecule has 20 heavy (non-hydrogen) atoms. The van der Waals surface area contributed by atoms with E-state index < -0.39 is 34.7 Å². The molecule has 6 heteroatoms. The van der Waals surface area contributed by atoms with Crippen LogP contribution in [0.4, 0.5) is 0 Å². The van der Waals surface area contributed by atoms with Gasteiger partial charge in [0.25, 0.3) is 0 Å². The van der Waals surface area contributed by atoms with Crippen molar-refractivity contribution in [3.05, 3.63) is 12.7 Å². The summed E-state index contributed by atoms with van der Waals surface area (Å²) in [7, 11) is 0. The van der Waals surface area contributed by atoms with Crippen molar-refractivity contribution in [2.45, 2.75) is 45.0 Å². The molecular weight excluding hydrogens is 264 g/mol. The van der Waals surface area contributed by atoms with Gasteiger partial charge < -0.3 is 14.2 Å². The number of hydrogen-bond donors (Lipinski definition) is 0. The number of cyclic esters (lactones) is 1. The monoisotopic (exact) mass is 280 g/mol. The summed E-state index contributed by atoms with van der Waals surface area (Å²) in [6.45, 7) is 6.80. The molecule has 0 aromatic rings. The third kappa shape index (κ3) is 1.67. The zero-order valence-corrected chi connectivity index (χ0v) is 11.4. The van der Waals surface area contributed by atoms with E-state index in [4.69, 9.17) is 14.2 Å². The van der Waals surface area contributed by atoms with Crippen molar-refractivity contribution in [3.63, 3.8) is 0 Å². The van der Waals surface area contributed by atoms with Crippen molar-refractivity contribution in [1.29, 1.82) is 0 Å². The van der Waals surface area contributed by atoms with Gasteiger partial charge in [0.1, 0.15) is 11.0 Å². The van der Waals surface area contributed by atoms with Crippen molar-refractivity contribution >= 4 is 17.9 Å². The van der Waals surface area contributed by atoms with Crippen molar-refractivity contribution in [2.24, 2.45) is 10.8 Å². The van der Waals surface area contributed by atoms with Gasteiger partial charge in [0.05, 0.1) is 5.41 Å². The second kappa shape index (κ2) is 3.62. The zero-order valence-electron chi connectivity index (χ0n) is 11.4. The van der Waals surface area contributed by atoms with Crippen molar-refractivity contribution in [3.8, 4) is 0 Å². The molecular formula is C14H16O6. The molecule has 0 spiro atoms. The molecule has 2 saturated carbocycles. The van der Waals surface area contributed by atoms with Gasteiger partial charge in [-0.3, -0.25) is 9.59 Å². The number of carbonyl (C=O) groups is 3. The summed E-state index contributed by atoms with van der Waals surface area (Å²) in [5.41, 5.74) is -2.06. The van der Waals surface area contributed by atoms with E-state index in [1.54, 1.807) is 13.8 Å². The number of fused-ring (bicyclic) bond motifs is 1. The van der Waals surface area contributed by atoms with Gasteiger partial charge in [-0.2, -0.15) is 0 Å². The van der Waals surface area contributed by atoms with Crippen LogP contribution in [0.15, 0.2) is 12.7 Å². The summed E-state index contributed by atoms with van der Waals surface area (Å²) < 4.78 is 15.4. The Bertz CT molecular complexity index is 526. The molecule has 108 valence electrons. The topological polar surface area (TPSA) is 78.9 Å². The average Bonchev–Trinajstić information content (AvgIpc) is 3.10. The standard InChI is InChI=1S/C14H16O6/c1-4-8(15)20-14-6-13(14,7-14)11(17)19-9-5-12(2,3)10(16)18-9/h4,9H,1,5-7H2,2-3H3. The molecule has 1 unspecified atom stereocenters. The summed E-state index contributed by atoms with van der Waals surface area (Å²) in [5.74, 6) is -1.36. The van der Waals surface area contributed by atoms with Crippen LogP contribution < -0.4 is 0 Å². The summed E-state index contributed by atoms with van der Waals surface area (Å²) >= 11 is 0. The molecule has 1 heterocycles. The lowest BCUT2D eigenvalue weighted by Gasteiger charge is -2.12. The van der Waals surface area contributed by atoms with Gasteiger partial charge in [-0.25, -0.2) is 4.79 Å². The minimum atomic E-state index is -0.839. The molecule has 6 nitrogen and oxygen atoms in total. The number of hydrogen-bond acceptors (Lipinski definition) is 6. The third-order valence-electron chi connectivity index (χ3n) is 4.36. The molecule has 3 fully saturated rings. The third-order valence-corrected chi connectivity index (χ3v) is 4.36. The maximum Gasteiger partial charge on any atom is 0.330 e. The van der Waals surface area contributed by atoms with E-state index in [9.17, 15) is 14.4 Å². The molecule has 3 aliphatic rings. The Morgan fingerprint density at radius 1 is 1.40 bits per heavy atom. The Labute approximate surface area is 116 Å². The van der Waals surface area contributed by atoms with Gasteiger partial charge in [-0.1, -0.05) is 6.58 Å². The first kappa shape index (κ1) is 13.1. The van der Waals surface area contributed by atoms with Crippen LogP contribution in [0.5, 0.6) is 0 Å². The fourth-order valence-electron chi connectivity index (χ4n) is 2.69. The lowest BCUT2D eigenvalue weighted by Crippen LogP contribution is -2.21. The summed E-state index contributed by atoms with van der Waals surface area (Å²) in [6.07, 6.45) is 1.52. The SMILES string of the molecule is C=CC(=O)OC12CC1(C(=O)OC1CC(C)(C)C(=O)O1)C2. The Balaban J connectivity index is 1.57. The zero-order chi connectivity index (χ0) is 14.8. The Morgan fingerprint density at radius 2 is 2.05 bits per heavy atom. The van der Waals surface area contributed by atoms with Gasteiger partial charge >= 0.3 is 17.9 Å². The first-order valence-corrected chi connectivity index (χ1v) is 6.52. The highest BCUT2D eigenvalue weighted by Crippen LogP contribution is 2.81. The largest absolute Gasteiger partial charge is 0.455 e. The fraction of sp³-hybridized carbons (Fsp3) is 0.643. The minimum absolute atomic E-state index is 0.340. The van der Waals surface area contributed by atoms with Crippen LogP contribution in [0.1, 0.15) is 33.1 Å². The Kier molecular flexibility index (Phi) is 2.38. The van der Waals surface area contributed by atoms with E-state index >= 15 is 0 Å². The molecule has 0 N–H and O–H groups in total. The van der Waals surface area contributed by atoms with Crippen LogP contribution in [0, 0.1) is 10.8 Å². The van der Waals surface area contributed by atoms with E-state index in [-0.39, 0.29) is 5.97 Å². The van der Waals surface area contributed by atoms with Crippen molar-refractivity contribution in [2.75, 3.05) is 0 Å². The Morgan fingerprint density at radius 3 is 2.55 bits per heavy atom. The molecule has 2 aliphatic carbocycles. The highest BCUT2D eigenvalue weighted by Gasteiger charge is 2.92. The number of carbonyl (C=O) groups excluding carboxylic acids is 3. The maximum atomic E-state index is 12.1. The predicted molar refractivity (Wildman–Crippen MR) is 65.1 cm³/mol. The molecule has 3 rings (SSSR count). The maximum absolute atomic E-state index is 12.1. The fourth-order valence-corrected chi connectivity index (χ4v) is 2.69. The van der Waals surface area contributed by atoms with E-state index in [0.29, 0.717) is 19.3 Å². The molecule has 1 aliphatic heterocycles. The normalized spacial score (nSPS) is 39.3. The van der Waals surface area contributed by atoms with Gasteiger partial charge in [0.2, 0.25) is 6.29 Å². The van der Waals surface area contributed by atoms with Gasteiger partial charge in [-0.15, -0.1) is 0 Å². The van der Waals surface area contributed by atoms with Gasteiger partial charge in [-0.05, 0) is 13.8 Å². The molecule has 1 atom stereocenters. The van der Waals surface area contributed by atoms with E-state index in [1.807, 2.05) is 0 Å². The second-order valence-electron chi connectivity index (χ2n) is 6.38. The number of esters is 3. The Hall–Kier alpha value is -1.85. The van der Waals surface area contributed by atoms with E-state index in [2.05, 4.69) is 6.58 Å². The first-order chi connectivity index (χ1) is 9.25. The van der Waals surface area contributed by atoms with E-state index in [0.717, 1.165) is 6.08 Å². The predicted octanol–water partition coefficient (Wildman–Crippen LogP) is 1.09. The molecule has 1 saturated heterocycles. The van der Waals surface area contributed by atoms with E-state index in [1.165, 1.54) is 0 Å². The molecule has 0 bridgehead atoms. The molecule has 0 aromatic carbocycles. The van der Waals surface area contributed by atoms with Crippen LogP contribution in [-0.2, 0) is 28.6 Å². The van der Waals surface area contributed by atoms with Crippen LogP contribution in [0.2, 0.25) is 0 Å². The van der Waals surface area contributed by atoms with Gasteiger partial charge in [0, 0.05) is 25.3 Å². The van der Waals surface area contributed by atoms with Crippen molar-refractivity contribution < 1.29 is 28.6 Å². The van der Waals surface area contributed by atoms with Crippen molar-refractivity contribution in [1.82, 2.24) is 0 Å². The minimum Gasteiger partial charge on any atom is -0.455 e. The highest BCUT2D eigenvalue weighted by atomic mass is 16.7. The highest BCUT2D eigenvalue weighted by molar-refractivity contribution is 5.92. The smallest absolute Gasteiger partial charge is 0.330 e. The lowest BCUT2D eigenvalue weighted by molar-refractivity contribution is -0.180. The average molecular weight is 280 g/mol. The summed E-state index contributed by atoms with van der Waals surface area (Å²) in [5, 5.41) is 0. The summed E-state index contributed by atoms with van der Waals surface area (Å²) in [6, 6.07) is 0. The van der Waals surface area contributed by atoms with Crippen LogP contribution in [-0.4, -0.2) is 29.8 Å². The molecule has 0 aromatic heterocycles. The van der Waals surface area contributed by atoms with Crippen LogP contribution in [0.25, 0.3) is 0 Å². The van der Waals surface area contributed by atoms with Crippen LogP contribution >= 0.6 is 0 Å². The number of rotatable bonds is 4. The second-order valence-corrected chi connectivity index (χ2v) is 6.38. The number of ether oxygens (including phenoxy) is 3. The van der Waals surface area contributed by atoms with Crippen LogP contribution in [0.3, 0.4) is 0 Å². The molecule has 0 amide bonds. The quantitative estimate of drug-likeness (QED) is 0.566. The first-order valence-electron chi connectivity index (χ1n) is 6.52. The summed E-state index contributed by atoms with van der Waals surface area (Å²) in [4.78, 5) is 34.8. The lowest BCUT2D eigenvalue weighted by atomic mass is 9.92.